The second kappa shape index (κ2) is 9.67. The Labute approximate surface area is 178 Å². The van der Waals surface area contributed by atoms with E-state index in [9.17, 15) is 14.0 Å². The lowest BCUT2D eigenvalue weighted by Gasteiger charge is -2.13. The van der Waals surface area contributed by atoms with Gasteiger partial charge in [0.05, 0.1) is 11.3 Å². The van der Waals surface area contributed by atoms with Crippen LogP contribution in [-0.2, 0) is 11.3 Å². The molecule has 156 valence electrons. The van der Waals surface area contributed by atoms with Crippen molar-refractivity contribution in [2.24, 2.45) is 5.92 Å². The Kier molecular flexibility index (Phi) is 6.99. The van der Waals surface area contributed by atoms with Crippen molar-refractivity contribution in [3.05, 3.63) is 59.9 Å². The predicted molar refractivity (Wildman–Crippen MR) is 116 cm³/mol. The summed E-state index contributed by atoms with van der Waals surface area (Å²) in [5.41, 5.74) is 1.58. The Morgan fingerprint density at radius 1 is 1.10 bits per heavy atom. The molecule has 0 aliphatic carbocycles. The topological polar surface area (TPSA) is 76.9 Å². The lowest BCUT2D eigenvalue weighted by Crippen LogP contribution is -2.15. The largest absolute Gasteiger partial charge is 0.325 e. The monoisotopic (exact) mass is 426 g/mol. The molecule has 2 aromatic carbocycles. The van der Waals surface area contributed by atoms with Crippen molar-refractivity contribution in [1.82, 2.24) is 14.8 Å². The van der Waals surface area contributed by atoms with Gasteiger partial charge >= 0.3 is 0 Å². The van der Waals surface area contributed by atoms with Gasteiger partial charge in [0, 0.05) is 17.8 Å². The van der Waals surface area contributed by atoms with E-state index in [2.05, 4.69) is 29.4 Å². The summed E-state index contributed by atoms with van der Waals surface area (Å²) in [6.07, 6.45) is 0. The van der Waals surface area contributed by atoms with E-state index >= 15 is 0 Å². The van der Waals surface area contributed by atoms with E-state index < -0.39 is 0 Å². The fourth-order valence-electron chi connectivity index (χ4n) is 2.88. The van der Waals surface area contributed by atoms with E-state index in [1.165, 1.54) is 24.8 Å². The molecule has 0 bridgehead atoms. The molecule has 6 nitrogen and oxygen atoms in total. The molecule has 0 fully saturated rings. The van der Waals surface area contributed by atoms with Gasteiger partial charge in [0.15, 0.2) is 16.8 Å². The number of rotatable bonds is 8. The Balaban J connectivity index is 1.72. The van der Waals surface area contributed by atoms with Crippen molar-refractivity contribution in [2.45, 2.75) is 32.5 Å². The van der Waals surface area contributed by atoms with Crippen LogP contribution >= 0.6 is 11.8 Å². The first-order valence-corrected chi connectivity index (χ1v) is 10.6. The van der Waals surface area contributed by atoms with Crippen molar-refractivity contribution in [3.63, 3.8) is 0 Å². The van der Waals surface area contributed by atoms with Gasteiger partial charge in [0.25, 0.3) is 0 Å². The summed E-state index contributed by atoms with van der Waals surface area (Å²) in [5.74, 6) is 0.269. The number of carbonyl (C=O) groups is 2. The predicted octanol–water partition coefficient (Wildman–Crippen LogP) is 4.67. The van der Waals surface area contributed by atoms with Gasteiger partial charge in [-0.1, -0.05) is 37.7 Å². The number of hydrogen-bond donors (Lipinski definition) is 1. The number of anilines is 1. The molecule has 0 radical (unpaired) electrons. The fourth-order valence-corrected chi connectivity index (χ4v) is 3.63. The SMILES string of the molecule is CC(=O)c1ccc(NC(=O)CSc2nnc(-c3ccccc3F)n2CC(C)C)cc1. The van der Waals surface area contributed by atoms with Gasteiger partial charge in [0.1, 0.15) is 5.82 Å². The van der Waals surface area contributed by atoms with Gasteiger partial charge in [-0.2, -0.15) is 0 Å². The average molecular weight is 427 g/mol. The lowest BCUT2D eigenvalue weighted by atomic mass is 10.1. The standard InChI is InChI=1S/C22H23FN4O2S/c1-14(2)12-27-21(18-6-4-5-7-19(18)23)25-26-22(27)30-13-20(29)24-17-10-8-16(9-11-17)15(3)28/h4-11,14H,12-13H2,1-3H3,(H,24,29). The average Bonchev–Trinajstić information content (AvgIpc) is 3.09. The van der Waals surface area contributed by atoms with Crippen molar-refractivity contribution in [2.75, 3.05) is 11.1 Å². The number of Topliss-reactive ketones (excluding diaryl/α,β-unsaturated/α-hetero) is 1. The van der Waals surface area contributed by atoms with E-state index in [0.29, 0.717) is 40.3 Å². The van der Waals surface area contributed by atoms with E-state index in [1.54, 1.807) is 42.5 Å². The summed E-state index contributed by atoms with van der Waals surface area (Å²) in [7, 11) is 0. The molecule has 0 spiro atoms. The number of carbonyl (C=O) groups excluding carboxylic acids is 2. The number of nitrogens with one attached hydrogen (secondary N) is 1. The summed E-state index contributed by atoms with van der Waals surface area (Å²) in [6.45, 7) is 6.20. The number of hydrogen-bond acceptors (Lipinski definition) is 5. The molecule has 0 unspecified atom stereocenters. The van der Waals surface area contributed by atoms with E-state index in [4.69, 9.17) is 0 Å². The number of benzene rings is 2. The maximum atomic E-state index is 14.3. The summed E-state index contributed by atoms with van der Waals surface area (Å²) in [4.78, 5) is 23.7. The van der Waals surface area contributed by atoms with Crippen LogP contribution in [0.2, 0.25) is 0 Å². The Morgan fingerprint density at radius 3 is 2.43 bits per heavy atom. The highest BCUT2D eigenvalue weighted by Crippen LogP contribution is 2.27. The molecular weight excluding hydrogens is 403 g/mol. The Hall–Kier alpha value is -3.00. The van der Waals surface area contributed by atoms with Crippen molar-refractivity contribution < 1.29 is 14.0 Å². The van der Waals surface area contributed by atoms with Gasteiger partial charge in [-0.3, -0.25) is 9.59 Å². The number of halogens is 1. The highest BCUT2D eigenvalue weighted by atomic mass is 32.2. The first-order chi connectivity index (χ1) is 14.3. The van der Waals surface area contributed by atoms with Gasteiger partial charge in [-0.25, -0.2) is 4.39 Å². The van der Waals surface area contributed by atoms with Crippen molar-refractivity contribution in [1.29, 1.82) is 0 Å². The van der Waals surface area contributed by atoms with Crippen LogP contribution in [-0.4, -0.2) is 32.2 Å². The maximum absolute atomic E-state index is 14.3. The molecule has 8 heteroatoms. The fraction of sp³-hybridized carbons (Fsp3) is 0.273. The molecule has 1 N–H and O–H groups in total. The van der Waals surface area contributed by atoms with Gasteiger partial charge in [-0.05, 0) is 49.2 Å². The first kappa shape index (κ1) is 21.7. The molecule has 30 heavy (non-hydrogen) atoms. The first-order valence-electron chi connectivity index (χ1n) is 9.57. The van der Waals surface area contributed by atoms with Crippen LogP contribution in [0.25, 0.3) is 11.4 Å². The molecule has 1 aromatic heterocycles. The third-order valence-electron chi connectivity index (χ3n) is 4.29. The van der Waals surface area contributed by atoms with E-state index in [0.717, 1.165) is 0 Å². The lowest BCUT2D eigenvalue weighted by molar-refractivity contribution is -0.113. The number of ketones is 1. The molecule has 0 saturated carbocycles. The molecule has 1 heterocycles. The minimum absolute atomic E-state index is 0.0291. The minimum Gasteiger partial charge on any atom is -0.325 e. The normalized spacial score (nSPS) is 11.0. The number of nitrogens with zero attached hydrogens (tertiary/aromatic N) is 3. The molecular formula is C22H23FN4O2S. The molecule has 0 aliphatic heterocycles. The van der Waals surface area contributed by atoms with E-state index in [1.807, 2.05) is 4.57 Å². The smallest absolute Gasteiger partial charge is 0.234 e. The van der Waals surface area contributed by atoms with Crippen LogP contribution in [0.15, 0.2) is 53.7 Å². The highest BCUT2D eigenvalue weighted by molar-refractivity contribution is 7.99. The minimum atomic E-state index is -0.363. The molecule has 3 rings (SSSR count). The van der Waals surface area contributed by atoms with Crippen LogP contribution in [0.4, 0.5) is 10.1 Å². The zero-order chi connectivity index (χ0) is 21.7. The zero-order valence-corrected chi connectivity index (χ0v) is 17.9. The van der Waals surface area contributed by atoms with Gasteiger partial charge in [-0.15, -0.1) is 10.2 Å². The quantitative estimate of drug-likeness (QED) is 0.418. The number of thioether (sulfide) groups is 1. The molecule has 0 aliphatic rings. The van der Waals surface area contributed by atoms with Crippen LogP contribution in [0, 0.1) is 11.7 Å². The van der Waals surface area contributed by atoms with Crippen LogP contribution in [0.1, 0.15) is 31.1 Å². The summed E-state index contributed by atoms with van der Waals surface area (Å²) in [6, 6.07) is 13.2. The molecule has 1 amide bonds. The van der Waals surface area contributed by atoms with E-state index in [-0.39, 0.29) is 23.3 Å². The number of aromatic nitrogens is 3. The van der Waals surface area contributed by atoms with Crippen LogP contribution in [0.5, 0.6) is 0 Å². The third kappa shape index (κ3) is 5.33. The van der Waals surface area contributed by atoms with Gasteiger partial charge in [0.2, 0.25) is 5.91 Å². The molecule has 0 atom stereocenters. The Bertz CT molecular complexity index is 1050. The molecule has 0 saturated heterocycles. The maximum Gasteiger partial charge on any atom is 0.234 e. The summed E-state index contributed by atoms with van der Waals surface area (Å²) >= 11 is 1.25. The second-order valence-corrected chi connectivity index (χ2v) is 8.20. The van der Waals surface area contributed by atoms with Gasteiger partial charge < -0.3 is 9.88 Å². The Morgan fingerprint density at radius 2 is 1.80 bits per heavy atom. The van der Waals surface area contributed by atoms with Crippen molar-refractivity contribution >= 4 is 29.1 Å². The van der Waals surface area contributed by atoms with Crippen LogP contribution in [0.3, 0.4) is 0 Å². The summed E-state index contributed by atoms with van der Waals surface area (Å²) < 4.78 is 16.1. The highest BCUT2D eigenvalue weighted by Gasteiger charge is 2.18. The van der Waals surface area contributed by atoms with Crippen molar-refractivity contribution in [3.8, 4) is 11.4 Å². The zero-order valence-electron chi connectivity index (χ0n) is 17.1. The third-order valence-corrected chi connectivity index (χ3v) is 5.25. The number of amides is 1. The molecule has 3 aromatic rings. The second-order valence-electron chi connectivity index (χ2n) is 7.26. The van der Waals surface area contributed by atoms with Crippen LogP contribution < -0.4 is 5.32 Å². The summed E-state index contributed by atoms with van der Waals surface area (Å²) in [5, 5.41) is 11.7.